The van der Waals surface area contributed by atoms with Gasteiger partial charge in [0, 0.05) is 10.4 Å². The number of hydrogen-bond donors (Lipinski definition) is 2. The monoisotopic (exact) mass is 385 g/mol. The Labute approximate surface area is 190 Å². The molecule has 0 aliphatic heterocycles. The SMILES string of the molecule is CCCCCCCCCCCCC(O)C(N)=O.O=S(=O)([O-])[O-].[Na+].[Na+]. The normalized spacial score (nSPS) is 11.3. The maximum Gasteiger partial charge on any atom is 1.00 e. The predicted octanol–water partition coefficient (Wildman–Crippen LogP) is -4.19. The fourth-order valence-electron chi connectivity index (χ4n) is 1.97. The van der Waals surface area contributed by atoms with Gasteiger partial charge in [-0.05, 0) is 6.42 Å². The Kier molecular flexibility index (Phi) is 30.7. The summed E-state index contributed by atoms with van der Waals surface area (Å²) in [5, 5.41) is 9.18. The second-order valence-corrected chi connectivity index (χ2v) is 6.11. The van der Waals surface area contributed by atoms with E-state index in [1.165, 1.54) is 51.4 Å². The van der Waals surface area contributed by atoms with Gasteiger partial charge >= 0.3 is 59.1 Å². The molecule has 0 aliphatic carbocycles. The van der Waals surface area contributed by atoms with Crippen molar-refractivity contribution in [2.24, 2.45) is 5.73 Å². The summed E-state index contributed by atoms with van der Waals surface area (Å²) < 4.78 is 34.1. The zero-order valence-corrected chi connectivity index (χ0v) is 20.1. The van der Waals surface area contributed by atoms with Crippen LogP contribution >= 0.6 is 0 Å². The molecule has 0 saturated heterocycles. The van der Waals surface area contributed by atoms with Gasteiger partial charge < -0.3 is 19.9 Å². The first-order valence-electron chi connectivity index (χ1n) is 7.82. The van der Waals surface area contributed by atoms with E-state index in [2.05, 4.69) is 6.92 Å². The van der Waals surface area contributed by atoms with Crippen molar-refractivity contribution in [2.45, 2.75) is 83.7 Å². The van der Waals surface area contributed by atoms with Crippen LogP contribution in [-0.4, -0.2) is 34.6 Å². The summed E-state index contributed by atoms with van der Waals surface area (Å²) in [6.07, 6.45) is 12.2. The van der Waals surface area contributed by atoms with Crippen LogP contribution in [0.5, 0.6) is 0 Å². The molecule has 0 aromatic carbocycles. The number of carbonyl (C=O) groups excluding carboxylic acids is 1. The average molecular weight is 385 g/mol. The van der Waals surface area contributed by atoms with Gasteiger partial charge in [0.25, 0.3) is 0 Å². The molecule has 0 fully saturated rings. The molecule has 0 rings (SSSR count). The molecule has 0 spiro atoms. The Morgan fingerprint density at radius 1 is 0.917 bits per heavy atom. The second-order valence-electron chi connectivity index (χ2n) is 5.30. The van der Waals surface area contributed by atoms with Gasteiger partial charge in [-0.2, -0.15) is 0 Å². The molecule has 0 aliphatic rings. The zero-order valence-electron chi connectivity index (χ0n) is 15.3. The van der Waals surface area contributed by atoms with E-state index in [1.54, 1.807) is 0 Å². The number of amides is 1. The molecule has 10 heteroatoms. The summed E-state index contributed by atoms with van der Waals surface area (Å²) in [5.41, 5.74) is 4.97. The van der Waals surface area contributed by atoms with Gasteiger partial charge in [0.15, 0.2) is 0 Å². The van der Waals surface area contributed by atoms with Gasteiger partial charge in [-0.3, -0.25) is 13.2 Å². The summed E-state index contributed by atoms with van der Waals surface area (Å²) in [4.78, 5) is 10.6. The molecule has 1 amide bonds. The van der Waals surface area contributed by atoms with Crippen LogP contribution in [0.2, 0.25) is 0 Å². The zero-order chi connectivity index (χ0) is 17.4. The summed E-state index contributed by atoms with van der Waals surface area (Å²) in [5.74, 6) is -0.596. The van der Waals surface area contributed by atoms with E-state index in [9.17, 15) is 9.90 Å². The minimum Gasteiger partial charge on any atom is -0.759 e. The van der Waals surface area contributed by atoms with Crippen molar-refractivity contribution in [1.29, 1.82) is 0 Å². The fraction of sp³-hybridized carbons (Fsp3) is 0.929. The topological polar surface area (TPSA) is 144 Å². The minimum atomic E-state index is -5.17. The number of aliphatic hydroxyl groups is 1. The van der Waals surface area contributed by atoms with E-state index >= 15 is 0 Å². The first kappa shape index (κ1) is 32.9. The van der Waals surface area contributed by atoms with Gasteiger partial charge in [-0.1, -0.05) is 71.1 Å². The van der Waals surface area contributed by atoms with Crippen molar-refractivity contribution in [3.05, 3.63) is 0 Å². The summed E-state index contributed by atoms with van der Waals surface area (Å²) in [7, 11) is -5.17. The number of hydrogen-bond acceptors (Lipinski definition) is 6. The Morgan fingerprint density at radius 2 is 1.21 bits per heavy atom. The number of nitrogens with two attached hydrogens (primary N) is 1. The van der Waals surface area contributed by atoms with E-state index < -0.39 is 22.4 Å². The van der Waals surface area contributed by atoms with E-state index in [1.807, 2.05) is 0 Å². The van der Waals surface area contributed by atoms with Crippen LogP contribution in [0.4, 0.5) is 0 Å². The maximum absolute atomic E-state index is 10.6. The third-order valence-electron chi connectivity index (χ3n) is 3.16. The molecule has 0 saturated carbocycles. The first-order chi connectivity index (χ1) is 10.2. The Hall–Kier alpha value is 1.30. The van der Waals surface area contributed by atoms with Gasteiger partial charge in [0.2, 0.25) is 5.91 Å². The van der Waals surface area contributed by atoms with Crippen LogP contribution in [0.25, 0.3) is 0 Å². The van der Waals surface area contributed by atoms with E-state index in [0.717, 1.165) is 12.8 Å². The van der Waals surface area contributed by atoms with Gasteiger partial charge in [-0.25, -0.2) is 0 Å². The molecule has 0 aromatic rings. The third kappa shape index (κ3) is 38.7. The van der Waals surface area contributed by atoms with Crippen LogP contribution < -0.4 is 64.8 Å². The van der Waals surface area contributed by atoms with Crippen LogP contribution in [0.3, 0.4) is 0 Å². The van der Waals surface area contributed by atoms with E-state index in [0.29, 0.717) is 6.42 Å². The summed E-state index contributed by atoms with van der Waals surface area (Å²) in [6.45, 7) is 2.24. The quantitative estimate of drug-likeness (QED) is 0.151. The molecule has 24 heavy (non-hydrogen) atoms. The Morgan fingerprint density at radius 3 is 1.50 bits per heavy atom. The minimum absolute atomic E-state index is 0. The smallest absolute Gasteiger partial charge is 0.759 e. The summed E-state index contributed by atoms with van der Waals surface area (Å²) >= 11 is 0. The fourth-order valence-corrected chi connectivity index (χ4v) is 1.97. The van der Waals surface area contributed by atoms with Crippen LogP contribution in [0, 0.1) is 0 Å². The van der Waals surface area contributed by atoms with Crippen molar-refractivity contribution < 1.29 is 86.5 Å². The Balaban J connectivity index is -0.000000250. The van der Waals surface area contributed by atoms with Crippen molar-refractivity contribution in [3.8, 4) is 0 Å². The number of rotatable bonds is 12. The van der Waals surface area contributed by atoms with Crippen LogP contribution in [0.15, 0.2) is 0 Å². The largest absolute Gasteiger partial charge is 1.00 e. The van der Waals surface area contributed by atoms with E-state index in [4.69, 9.17) is 23.3 Å². The molecule has 3 N–H and O–H groups in total. The van der Waals surface area contributed by atoms with Crippen LogP contribution in [-0.2, 0) is 15.2 Å². The second kappa shape index (κ2) is 22.3. The molecule has 0 aromatic heterocycles. The molecule has 0 bridgehead atoms. The van der Waals surface area contributed by atoms with Gasteiger partial charge in [0.05, 0.1) is 0 Å². The molecule has 0 heterocycles. The molecular weight excluding hydrogens is 356 g/mol. The maximum atomic E-state index is 10.6. The Bertz CT molecular complexity index is 360. The molecule has 134 valence electrons. The molecule has 1 atom stereocenters. The molecule has 7 nitrogen and oxygen atoms in total. The van der Waals surface area contributed by atoms with Crippen molar-refractivity contribution in [1.82, 2.24) is 0 Å². The van der Waals surface area contributed by atoms with Crippen molar-refractivity contribution in [2.75, 3.05) is 0 Å². The van der Waals surface area contributed by atoms with Crippen molar-refractivity contribution in [3.63, 3.8) is 0 Å². The number of carbonyl (C=O) groups is 1. The standard InChI is InChI=1S/C14H29NO2.2Na.H2O4S/c1-2-3-4-5-6-7-8-9-10-11-12-13(16)14(15)17;;;1-5(2,3)4/h13,16H,2-12H2,1H3,(H2,15,17);;;(H2,1,2,3,4)/q;2*+1;/p-2. The average Bonchev–Trinajstić information content (AvgIpc) is 2.38. The van der Waals surface area contributed by atoms with Crippen LogP contribution in [0.1, 0.15) is 77.6 Å². The molecule has 0 radical (unpaired) electrons. The first-order valence-corrected chi connectivity index (χ1v) is 9.16. The summed E-state index contributed by atoms with van der Waals surface area (Å²) in [6, 6.07) is 0. The predicted molar refractivity (Wildman–Crippen MR) is 82.1 cm³/mol. The number of unbranched alkanes of at least 4 members (excludes halogenated alkanes) is 9. The third-order valence-corrected chi connectivity index (χ3v) is 3.16. The number of aliphatic hydroxyl groups excluding tert-OH is 1. The van der Waals surface area contributed by atoms with Gasteiger partial charge in [-0.15, -0.1) is 0 Å². The van der Waals surface area contributed by atoms with Gasteiger partial charge in [0.1, 0.15) is 6.10 Å². The number of primary amides is 1. The molecule has 1 unspecified atom stereocenters. The van der Waals surface area contributed by atoms with Crippen molar-refractivity contribution >= 4 is 16.3 Å². The molecular formula is C14H29NNa2O6S. The van der Waals surface area contributed by atoms with E-state index in [-0.39, 0.29) is 59.1 Å².